The van der Waals surface area contributed by atoms with E-state index >= 15 is 0 Å². The monoisotopic (exact) mass is 540 g/mol. The van der Waals surface area contributed by atoms with Crippen molar-refractivity contribution in [3.63, 3.8) is 0 Å². The van der Waals surface area contributed by atoms with E-state index in [2.05, 4.69) is 27.9 Å². The molecule has 0 heterocycles. The fraction of sp³-hybridized carbons (Fsp3) is 0.391. The number of rotatable bonds is 10. The summed E-state index contributed by atoms with van der Waals surface area (Å²) in [6.45, 7) is 5.87. The Morgan fingerprint density at radius 2 is 1.77 bits per heavy atom. The molecule has 0 spiro atoms. The molecule has 8 heteroatoms. The van der Waals surface area contributed by atoms with E-state index in [1.54, 1.807) is 14.2 Å². The molecule has 1 amide bonds. The normalized spacial score (nSPS) is 10.6. The summed E-state index contributed by atoms with van der Waals surface area (Å²) in [5.74, 6) is 1.95. The summed E-state index contributed by atoms with van der Waals surface area (Å²) >= 11 is 0. The average molecular weight is 540 g/mol. The summed E-state index contributed by atoms with van der Waals surface area (Å²) in [5, 5.41) is 9.44. The van der Waals surface area contributed by atoms with Crippen molar-refractivity contribution in [3.8, 4) is 11.5 Å². The maximum atomic E-state index is 12.1. The number of aliphatic imine (C=N–C) groups is 1. The first-order valence-electron chi connectivity index (χ1n) is 10.3. The van der Waals surface area contributed by atoms with Gasteiger partial charge in [0, 0.05) is 37.5 Å². The highest BCUT2D eigenvalue weighted by Gasteiger charge is 2.08. The van der Waals surface area contributed by atoms with Gasteiger partial charge in [-0.15, -0.1) is 24.0 Å². The number of carbonyl (C=O) groups excluding carboxylic acids is 1. The molecule has 0 radical (unpaired) electrons. The molecular formula is C23H33IN4O3. The van der Waals surface area contributed by atoms with Gasteiger partial charge in [0.2, 0.25) is 0 Å². The number of anilines is 1. The van der Waals surface area contributed by atoms with Crippen LogP contribution in [0.4, 0.5) is 5.69 Å². The Morgan fingerprint density at radius 3 is 2.39 bits per heavy atom. The molecule has 7 nitrogen and oxygen atoms in total. The molecular weight excluding hydrogens is 507 g/mol. The minimum atomic E-state index is -0.0370. The third kappa shape index (κ3) is 8.64. The highest BCUT2D eigenvalue weighted by molar-refractivity contribution is 14.0. The van der Waals surface area contributed by atoms with Gasteiger partial charge in [0.05, 0.1) is 13.7 Å². The number of amides is 1. The summed E-state index contributed by atoms with van der Waals surface area (Å²) < 4.78 is 10.9. The van der Waals surface area contributed by atoms with Crippen molar-refractivity contribution in [2.45, 2.75) is 33.2 Å². The molecule has 170 valence electrons. The van der Waals surface area contributed by atoms with E-state index < -0.39 is 0 Å². The minimum absolute atomic E-state index is 0. The van der Waals surface area contributed by atoms with Crippen molar-refractivity contribution >= 4 is 41.5 Å². The quantitative estimate of drug-likeness (QED) is 0.180. The predicted octanol–water partition coefficient (Wildman–Crippen LogP) is 4.43. The van der Waals surface area contributed by atoms with Crippen LogP contribution in [0.25, 0.3) is 0 Å². The van der Waals surface area contributed by atoms with Gasteiger partial charge >= 0.3 is 0 Å². The largest absolute Gasteiger partial charge is 0.493 e. The molecule has 2 aromatic carbocycles. The van der Waals surface area contributed by atoms with Gasteiger partial charge in [-0.25, -0.2) is 0 Å². The van der Waals surface area contributed by atoms with Gasteiger partial charge in [0.1, 0.15) is 0 Å². The Kier molecular flexibility index (Phi) is 12.4. The van der Waals surface area contributed by atoms with Crippen LogP contribution in [0.2, 0.25) is 0 Å². The Bertz CT molecular complexity index is 841. The van der Waals surface area contributed by atoms with Crippen LogP contribution in [0.1, 0.15) is 42.6 Å². The van der Waals surface area contributed by atoms with Crippen LogP contribution in [0.15, 0.2) is 47.5 Å². The van der Waals surface area contributed by atoms with Gasteiger partial charge < -0.3 is 25.4 Å². The topological polar surface area (TPSA) is 84.0 Å². The number of ether oxygens (including phenoxy) is 2. The van der Waals surface area contributed by atoms with Crippen LogP contribution in [0, 0.1) is 0 Å². The number of hydrogen-bond donors (Lipinski definition) is 3. The molecule has 0 saturated heterocycles. The second kappa shape index (κ2) is 14.5. The molecule has 0 atom stereocenters. The van der Waals surface area contributed by atoms with Gasteiger partial charge in [-0.3, -0.25) is 9.79 Å². The van der Waals surface area contributed by atoms with E-state index in [0.29, 0.717) is 42.7 Å². The summed E-state index contributed by atoms with van der Waals surface area (Å²) in [7, 11) is 3.33. The second-order valence-corrected chi connectivity index (χ2v) is 6.66. The van der Waals surface area contributed by atoms with Crippen LogP contribution in [-0.2, 0) is 6.54 Å². The third-order valence-corrected chi connectivity index (χ3v) is 4.44. The number of unbranched alkanes of at least 4 members (excludes halogenated alkanes) is 1. The number of halogens is 1. The smallest absolute Gasteiger partial charge is 0.251 e. The van der Waals surface area contributed by atoms with Crippen LogP contribution in [-0.4, -0.2) is 39.2 Å². The Balaban J connectivity index is 0.00000480. The lowest BCUT2D eigenvalue weighted by Crippen LogP contribution is -2.30. The van der Waals surface area contributed by atoms with E-state index in [-0.39, 0.29) is 29.9 Å². The SMILES string of the molecule is CCCCNC(=O)c1ccc(CNC(=NC)Nc2ccc(OC)c(OCC)c2)cc1.I. The number of carbonyl (C=O) groups is 1. The molecule has 0 aliphatic carbocycles. The highest BCUT2D eigenvalue weighted by Crippen LogP contribution is 2.30. The number of nitrogens with one attached hydrogen (secondary N) is 3. The Hall–Kier alpha value is -2.49. The fourth-order valence-corrected chi connectivity index (χ4v) is 2.78. The molecule has 0 aromatic heterocycles. The summed E-state index contributed by atoms with van der Waals surface area (Å²) in [4.78, 5) is 16.4. The first kappa shape index (κ1) is 26.5. The van der Waals surface area contributed by atoms with Crippen LogP contribution in [0.3, 0.4) is 0 Å². The van der Waals surface area contributed by atoms with Crippen LogP contribution in [0.5, 0.6) is 11.5 Å². The summed E-state index contributed by atoms with van der Waals surface area (Å²) in [6, 6.07) is 13.2. The van der Waals surface area contributed by atoms with Crippen LogP contribution >= 0.6 is 24.0 Å². The van der Waals surface area contributed by atoms with Crippen molar-refractivity contribution in [3.05, 3.63) is 53.6 Å². The number of hydrogen-bond acceptors (Lipinski definition) is 4. The van der Waals surface area contributed by atoms with Crippen molar-refractivity contribution in [1.29, 1.82) is 0 Å². The van der Waals surface area contributed by atoms with Gasteiger partial charge in [0.25, 0.3) is 5.91 Å². The molecule has 0 aliphatic rings. The zero-order chi connectivity index (χ0) is 21.8. The van der Waals surface area contributed by atoms with Gasteiger partial charge in [-0.05, 0) is 43.2 Å². The van der Waals surface area contributed by atoms with E-state index in [0.717, 1.165) is 24.1 Å². The molecule has 2 aromatic rings. The third-order valence-electron chi connectivity index (χ3n) is 4.44. The number of benzene rings is 2. The van der Waals surface area contributed by atoms with Crippen molar-refractivity contribution in [2.75, 3.05) is 32.6 Å². The summed E-state index contributed by atoms with van der Waals surface area (Å²) in [6.07, 6.45) is 2.05. The maximum absolute atomic E-state index is 12.1. The van der Waals surface area contributed by atoms with Gasteiger partial charge in [0.15, 0.2) is 17.5 Å². The first-order chi connectivity index (χ1) is 14.6. The molecule has 0 unspecified atom stereocenters. The van der Waals surface area contributed by atoms with Crippen molar-refractivity contribution in [2.24, 2.45) is 4.99 Å². The minimum Gasteiger partial charge on any atom is -0.493 e. The number of methoxy groups -OCH3 is 1. The van der Waals surface area contributed by atoms with Crippen molar-refractivity contribution < 1.29 is 14.3 Å². The highest BCUT2D eigenvalue weighted by atomic mass is 127. The lowest BCUT2D eigenvalue weighted by Gasteiger charge is -2.15. The van der Waals surface area contributed by atoms with E-state index in [9.17, 15) is 4.79 Å². The van der Waals surface area contributed by atoms with E-state index in [1.807, 2.05) is 49.4 Å². The lowest BCUT2D eigenvalue weighted by atomic mass is 10.1. The van der Waals surface area contributed by atoms with Crippen LogP contribution < -0.4 is 25.4 Å². The maximum Gasteiger partial charge on any atom is 0.251 e. The summed E-state index contributed by atoms with van der Waals surface area (Å²) in [5.41, 5.74) is 2.55. The zero-order valence-corrected chi connectivity index (χ0v) is 21.0. The van der Waals surface area contributed by atoms with Crippen molar-refractivity contribution in [1.82, 2.24) is 10.6 Å². The van der Waals surface area contributed by atoms with E-state index in [4.69, 9.17) is 9.47 Å². The molecule has 3 N–H and O–H groups in total. The van der Waals surface area contributed by atoms with Gasteiger partial charge in [-0.1, -0.05) is 25.5 Å². The Labute approximate surface area is 202 Å². The first-order valence-corrected chi connectivity index (χ1v) is 10.3. The number of nitrogens with zero attached hydrogens (tertiary/aromatic N) is 1. The Morgan fingerprint density at radius 1 is 1.03 bits per heavy atom. The molecule has 0 saturated carbocycles. The average Bonchev–Trinajstić information content (AvgIpc) is 2.77. The standard InChI is InChI=1S/C23H32N4O3.HI/c1-5-7-14-25-22(28)18-10-8-17(9-11-18)16-26-23(24-3)27-19-12-13-20(29-4)21(15-19)30-6-2;/h8-13,15H,5-7,14,16H2,1-4H3,(H,25,28)(H2,24,26,27);1H. The molecule has 0 fully saturated rings. The molecule has 31 heavy (non-hydrogen) atoms. The zero-order valence-electron chi connectivity index (χ0n) is 18.7. The lowest BCUT2D eigenvalue weighted by molar-refractivity contribution is 0.0953. The second-order valence-electron chi connectivity index (χ2n) is 6.66. The van der Waals surface area contributed by atoms with Gasteiger partial charge in [-0.2, -0.15) is 0 Å². The van der Waals surface area contributed by atoms with E-state index in [1.165, 1.54) is 0 Å². The number of guanidine groups is 1. The molecule has 0 bridgehead atoms. The predicted molar refractivity (Wildman–Crippen MR) is 137 cm³/mol. The molecule has 2 rings (SSSR count). The molecule has 0 aliphatic heterocycles. The fourth-order valence-electron chi connectivity index (χ4n) is 2.78.